The summed E-state index contributed by atoms with van der Waals surface area (Å²) in [5, 5.41) is 13.4. The molecule has 0 spiro atoms. The minimum atomic E-state index is -1.01. The van der Waals surface area contributed by atoms with Gasteiger partial charge >= 0.3 is 6.09 Å². The highest BCUT2D eigenvalue weighted by molar-refractivity contribution is 5.91. The SMILES string of the molecule is CC(C)(C)OC(=O)NC(Cc1ccc([N+](=O)[O-])cc1)C(=O)N1CCCC1C(N)=O. The van der Waals surface area contributed by atoms with Crippen LogP contribution in [0.1, 0.15) is 39.2 Å². The zero-order valence-corrected chi connectivity index (χ0v) is 16.7. The van der Waals surface area contributed by atoms with E-state index in [-0.39, 0.29) is 12.1 Å². The maximum Gasteiger partial charge on any atom is 0.408 e. The van der Waals surface area contributed by atoms with Gasteiger partial charge in [0.15, 0.2) is 0 Å². The van der Waals surface area contributed by atoms with Gasteiger partial charge in [-0.1, -0.05) is 12.1 Å². The quantitative estimate of drug-likeness (QED) is 0.541. The normalized spacial score (nSPS) is 17.5. The molecule has 2 unspecified atom stereocenters. The molecule has 0 radical (unpaired) electrons. The van der Waals surface area contributed by atoms with E-state index in [0.717, 1.165) is 0 Å². The van der Waals surface area contributed by atoms with Crippen LogP contribution in [0.15, 0.2) is 24.3 Å². The minimum absolute atomic E-state index is 0.0786. The molecule has 0 saturated carbocycles. The molecule has 0 aromatic heterocycles. The number of nitro groups is 1. The van der Waals surface area contributed by atoms with Crippen LogP contribution in [0, 0.1) is 10.1 Å². The van der Waals surface area contributed by atoms with Crippen molar-refractivity contribution in [3.05, 3.63) is 39.9 Å². The third kappa shape index (κ3) is 6.16. The number of alkyl carbamates (subject to hydrolysis) is 1. The number of benzene rings is 1. The molecule has 10 heteroatoms. The van der Waals surface area contributed by atoms with Crippen molar-refractivity contribution < 1.29 is 24.0 Å². The van der Waals surface area contributed by atoms with Gasteiger partial charge in [-0.2, -0.15) is 0 Å². The number of amides is 3. The van der Waals surface area contributed by atoms with Gasteiger partial charge in [-0.05, 0) is 39.2 Å². The van der Waals surface area contributed by atoms with E-state index in [9.17, 15) is 24.5 Å². The summed E-state index contributed by atoms with van der Waals surface area (Å²) in [6, 6.07) is 3.96. The van der Waals surface area contributed by atoms with Crippen molar-refractivity contribution in [2.24, 2.45) is 5.73 Å². The fraction of sp³-hybridized carbons (Fsp3) is 0.526. The number of non-ortho nitro benzene ring substituents is 1. The molecule has 1 fully saturated rings. The number of nitro benzene ring substituents is 1. The summed E-state index contributed by atoms with van der Waals surface area (Å²) in [5.41, 5.74) is 5.18. The highest BCUT2D eigenvalue weighted by Gasteiger charge is 2.37. The van der Waals surface area contributed by atoms with Crippen LogP contribution in [-0.2, 0) is 20.7 Å². The predicted octanol–water partition coefficient (Wildman–Crippen LogP) is 1.51. The molecule has 1 aliphatic rings. The standard InChI is InChI=1S/C19H26N4O6/c1-19(2,3)29-18(26)21-14(11-12-6-8-13(9-7-12)23(27)28)17(25)22-10-4-5-15(22)16(20)24/h6-9,14-15H,4-5,10-11H2,1-3H3,(H2,20,24)(H,21,26). The van der Waals surface area contributed by atoms with Crippen molar-refractivity contribution in [3.63, 3.8) is 0 Å². The summed E-state index contributed by atoms with van der Waals surface area (Å²) < 4.78 is 5.24. The largest absolute Gasteiger partial charge is 0.444 e. The summed E-state index contributed by atoms with van der Waals surface area (Å²) in [4.78, 5) is 48.7. The first-order valence-corrected chi connectivity index (χ1v) is 9.30. The minimum Gasteiger partial charge on any atom is -0.444 e. The van der Waals surface area contributed by atoms with Crippen LogP contribution in [-0.4, -0.2) is 52.0 Å². The van der Waals surface area contributed by atoms with E-state index < -0.39 is 40.5 Å². The number of nitrogens with zero attached hydrogens (tertiary/aromatic N) is 2. The zero-order valence-electron chi connectivity index (χ0n) is 16.7. The van der Waals surface area contributed by atoms with Crippen molar-refractivity contribution in [3.8, 4) is 0 Å². The summed E-state index contributed by atoms with van der Waals surface area (Å²) in [7, 11) is 0. The van der Waals surface area contributed by atoms with Crippen molar-refractivity contribution in [1.82, 2.24) is 10.2 Å². The maximum atomic E-state index is 13.1. The highest BCUT2D eigenvalue weighted by Crippen LogP contribution is 2.20. The number of nitrogens with two attached hydrogens (primary N) is 1. The van der Waals surface area contributed by atoms with Crippen LogP contribution < -0.4 is 11.1 Å². The molecule has 3 N–H and O–H groups in total. The molecule has 3 amide bonds. The number of rotatable bonds is 6. The molecule has 1 heterocycles. The summed E-state index contributed by atoms with van der Waals surface area (Å²) in [5.74, 6) is -1.04. The Hall–Kier alpha value is -3.17. The average Bonchev–Trinajstić information content (AvgIpc) is 3.09. The number of likely N-dealkylation sites (tertiary alicyclic amines) is 1. The third-order valence-corrected chi connectivity index (χ3v) is 4.44. The van der Waals surface area contributed by atoms with Crippen molar-refractivity contribution in [2.75, 3.05) is 6.54 Å². The Kier molecular flexibility index (Phi) is 6.78. The molecule has 2 rings (SSSR count). The first-order valence-electron chi connectivity index (χ1n) is 9.30. The third-order valence-electron chi connectivity index (χ3n) is 4.44. The Labute approximate surface area is 168 Å². The molecule has 1 aliphatic heterocycles. The van der Waals surface area contributed by atoms with Crippen LogP contribution in [0.2, 0.25) is 0 Å². The number of nitrogens with one attached hydrogen (secondary N) is 1. The molecule has 0 aliphatic carbocycles. The molecule has 2 atom stereocenters. The second-order valence-electron chi connectivity index (χ2n) is 7.92. The lowest BCUT2D eigenvalue weighted by molar-refractivity contribution is -0.384. The highest BCUT2D eigenvalue weighted by atomic mass is 16.6. The van der Waals surface area contributed by atoms with Gasteiger partial charge in [-0.3, -0.25) is 19.7 Å². The molecule has 0 bridgehead atoms. The molecule has 1 aromatic carbocycles. The number of hydrogen-bond acceptors (Lipinski definition) is 6. The number of carbonyl (C=O) groups is 3. The smallest absolute Gasteiger partial charge is 0.408 e. The lowest BCUT2D eigenvalue weighted by Crippen LogP contribution is -2.54. The molecule has 1 aromatic rings. The Bertz CT molecular complexity index is 787. The number of primary amides is 1. The number of hydrogen-bond donors (Lipinski definition) is 2. The van der Waals surface area contributed by atoms with Gasteiger partial charge in [0.25, 0.3) is 5.69 Å². The molecule has 29 heavy (non-hydrogen) atoms. The Morgan fingerprint density at radius 1 is 1.31 bits per heavy atom. The van der Waals surface area contributed by atoms with Gasteiger partial charge in [0.2, 0.25) is 11.8 Å². The Morgan fingerprint density at radius 2 is 1.93 bits per heavy atom. The van der Waals surface area contributed by atoms with Crippen LogP contribution >= 0.6 is 0 Å². The molecule has 10 nitrogen and oxygen atoms in total. The second-order valence-corrected chi connectivity index (χ2v) is 7.92. The van der Waals surface area contributed by atoms with Crippen molar-refractivity contribution in [1.29, 1.82) is 0 Å². The first kappa shape index (κ1) is 22.1. The Balaban J connectivity index is 2.22. The number of ether oxygens (including phenoxy) is 1. The van der Waals surface area contributed by atoms with Gasteiger partial charge in [0, 0.05) is 25.1 Å². The van der Waals surface area contributed by atoms with Crippen LogP contribution in [0.5, 0.6) is 0 Å². The lowest BCUT2D eigenvalue weighted by Gasteiger charge is -2.29. The molecular weight excluding hydrogens is 380 g/mol. The Morgan fingerprint density at radius 3 is 2.45 bits per heavy atom. The molecule has 158 valence electrons. The fourth-order valence-corrected chi connectivity index (χ4v) is 3.17. The van der Waals surface area contributed by atoms with Crippen LogP contribution in [0.25, 0.3) is 0 Å². The first-order chi connectivity index (χ1) is 13.5. The maximum absolute atomic E-state index is 13.1. The van der Waals surface area contributed by atoms with Gasteiger partial charge in [0.05, 0.1) is 4.92 Å². The second kappa shape index (κ2) is 8.89. The molecular formula is C19H26N4O6. The van der Waals surface area contributed by atoms with E-state index in [1.807, 2.05) is 0 Å². The van der Waals surface area contributed by atoms with E-state index in [4.69, 9.17) is 10.5 Å². The summed E-state index contributed by atoms with van der Waals surface area (Å²) in [6.45, 7) is 5.45. The average molecular weight is 406 g/mol. The van der Waals surface area contributed by atoms with Gasteiger partial charge in [0.1, 0.15) is 17.7 Å². The number of carbonyl (C=O) groups excluding carboxylic acids is 3. The van der Waals surface area contributed by atoms with E-state index in [1.165, 1.54) is 29.2 Å². The summed E-state index contributed by atoms with van der Waals surface area (Å²) >= 11 is 0. The van der Waals surface area contributed by atoms with E-state index in [2.05, 4.69) is 5.32 Å². The van der Waals surface area contributed by atoms with Gasteiger partial charge in [-0.15, -0.1) is 0 Å². The van der Waals surface area contributed by atoms with Gasteiger partial charge < -0.3 is 20.7 Å². The topological polar surface area (TPSA) is 145 Å². The predicted molar refractivity (Wildman–Crippen MR) is 104 cm³/mol. The van der Waals surface area contributed by atoms with E-state index in [0.29, 0.717) is 24.9 Å². The van der Waals surface area contributed by atoms with Crippen LogP contribution in [0.3, 0.4) is 0 Å². The van der Waals surface area contributed by atoms with Crippen LogP contribution in [0.4, 0.5) is 10.5 Å². The van der Waals surface area contributed by atoms with Gasteiger partial charge in [-0.25, -0.2) is 4.79 Å². The monoisotopic (exact) mass is 406 g/mol. The summed E-state index contributed by atoms with van der Waals surface area (Å²) in [6.07, 6.45) is 0.416. The fourth-order valence-electron chi connectivity index (χ4n) is 3.17. The lowest BCUT2D eigenvalue weighted by atomic mass is 10.0. The zero-order chi connectivity index (χ0) is 21.8. The van der Waals surface area contributed by atoms with Crippen molar-refractivity contribution >= 4 is 23.6 Å². The van der Waals surface area contributed by atoms with E-state index in [1.54, 1.807) is 20.8 Å². The van der Waals surface area contributed by atoms with E-state index >= 15 is 0 Å². The molecule has 1 saturated heterocycles. The van der Waals surface area contributed by atoms with Crippen molar-refractivity contribution in [2.45, 2.75) is 57.7 Å².